The number of halogens is 2. The Morgan fingerprint density at radius 3 is 2.82 bits per heavy atom. The zero-order valence-corrected chi connectivity index (χ0v) is 19.3. The number of benzene rings is 1. The summed E-state index contributed by atoms with van der Waals surface area (Å²) in [7, 11) is 0. The number of likely N-dealkylation sites (tertiary alicyclic amines) is 1. The van der Waals surface area contributed by atoms with Crippen LogP contribution in [0.15, 0.2) is 55.0 Å². The van der Waals surface area contributed by atoms with E-state index in [-0.39, 0.29) is 24.3 Å². The Morgan fingerprint density at radius 2 is 2.06 bits per heavy atom. The Labute approximate surface area is 196 Å². The minimum absolute atomic E-state index is 0.00000897. The van der Waals surface area contributed by atoms with Gasteiger partial charge in [0.05, 0.1) is 22.9 Å². The summed E-state index contributed by atoms with van der Waals surface area (Å²) in [6.07, 6.45) is 6.96. The Balaban J connectivity index is 1.26. The molecule has 5 rings (SSSR count). The van der Waals surface area contributed by atoms with Gasteiger partial charge in [-0.25, -0.2) is 13.8 Å². The van der Waals surface area contributed by atoms with Gasteiger partial charge in [0.25, 0.3) is 0 Å². The van der Waals surface area contributed by atoms with Crippen molar-refractivity contribution in [1.29, 1.82) is 0 Å². The van der Waals surface area contributed by atoms with Gasteiger partial charge in [-0.15, -0.1) is 0 Å². The highest BCUT2D eigenvalue weighted by Crippen LogP contribution is 2.35. The van der Waals surface area contributed by atoms with E-state index in [1.165, 1.54) is 12.1 Å². The molecule has 1 aromatic carbocycles. The summed E-state index contributed by atoms with van der Waals surface area (Å²) in [6, 6.07) is 9.59. The number of nitrogens with zero attached hydrogens (tertiary/aromatic N) is 4. The van der Waals surface area contributed by atoms with Gasteiger partial charge in [0.15, 0.2) is 0 Å². The number of aromatic nitrogens is 4. The number of rotatable bonds is 6. The van der Waals surface area contributed by atoms with Crippen LogP contribution in [0.3, 0.4) is 0 Å². The molecule has 0 radical (unpaired) electrons. The summed E-state index contributed by atoms with van der Waals surface area (Å²) in [5.41, 5.74) is 3.88. The smallest absolute Gasteiger partial charge is 0.223 e. The maximum absolute atomic E-state index is 14.0. The van der Waals surface area contributed by atoms with E-state index in [1.54, 1.807) is 6.20 Å². The van der Waals surface area contributed by atoms with E-state index in [1.807, 2.05) is 29.4 Å². The third kappa shape index (κ3) is 4.32. The van der Waals surface area contributed by atoms with Crippen LogP contribution < -0.4 is 0 Å². The van der Waals surface area contributed by atoms with Gasteiger partial charge in [0.2, 0.25) is 5.91 Å². The van der Waals surface area contributed by atoms with Crippen LogP contribution in [0.2, 0.25) is 0 Å². The summed E-state index contributed by atoms with van der Waals surface area (Å²) >= 11 is 0. The second-order valence-corrected chi connectivity index (χ2v) is 9.68. The molecule has 1 saturated heterocycles. The van der Waals surface area contributed by atoms with Crippen molar-refractivity contribution in [2.45, 2.75) is 45.2 Å². The molecule has 1 fully saturated rings. The summed E-state index contributed by atoms with van der Waals surface area (Å²) in [5.74, 6) is -0.914. The van der Waals surface area contributed by atoms with Gasteiger partial charge in [0, 0.05) is 49.1 Å². The molecule has 176 valence electrons. The zero-order chi connectivity index (χ0) is 23.9. The van der Waals surface area contributed by atoms with Crippen molar-refractivity contribution >= 4 is 16.9 Å². The zero-order valence-electron chi connectivity index (χ0n) is 19.3. The molecule has 3 aromatic heterocycles. The topological polar surface area (TPSA) is 66.8 Å². The Kier molecular flexibility index (Phi) is 5.67. The van der Waals surface area contributed by atoms with Crippen molar-refractivity contribution in [3.8, 4) is 11.3 Å². The van der Waals surface area contributed by atoms with Crippen molar-refractivity contribution in [2.24, 2.45) is 5.92 Å². The van der Waals surface area contributed by atoms with Gasteiger partial charge < -0.3 is 9.47 Å². The highest BCUT2D eigenvalue weighted by atomic mass is 19.1. The van der Waals surface area contributed by atoms with E-state index < -0.39 is 11.6 Å². The van der Waals surface area contributed by atoms with E-state index in [0.717, 1.165) is 41.3 Å². The van der Waals surface area contributed by atoms with Crippen molar-refractivity contribution < 1.29 is 13.6 Å². The summed E-state index contributed by atoms with van der Waals surface area (Å²) in [4.78, 5) is 19.7. The molecule has 8 heteroatoms. The average Bonchev–Trinajstić information content (AvgIpc) is 3.52. The highest BCUT2D eigenvalue weighted by Gasteiger charge is 2.40. The lowest BCUT2D eigenvalue weighted by Crippen LogP contribution is -2.42. The van der Waals surface area contributed by atoms with Crippen LogP contribution in [0.4, 0.5) is 8.78 Å². The van der Waals surface area contributed by atoms with E-state index in [9.17, 15) is 13.6 Å². The largest absolute Gasteiger partial charge is 0.346 e. The predicted octanol–water partition coefficient (Wildman–Crippen LogP) is 4.96. The molecule has 34 heavy (non-hydrogen) atoms. The van der Waals surface area contributed by atoms with Gasteiger partial charge in [-0.3, -0.25) is 9.89 Å². The Morgan fingerprint density at radius 1 is 1.21 bits per heavy atom. The van der Waals surface area contributed by atoms with E-state index in [0.29, 0.717) is 18.0 Å². The number of pyridine rings is 1. The van der Waals surface area contributed by atoms with Crippen molar-refractivity contribution in [3.63, 3.8) is 0 Å². The first-order chi connectivity index (χ1) is 16.3. The lowest BCUT2D eigenvalue weighted by atomic mass is 9.96. The second-order valence-electron chi connectivity index (χ2n) is 9.68. The SMILES string of the molecule is CC1(C)CC(Cn2ccc3nc(-c4cn[nH]c4)ccc32)CN1C(=O)CCc1ccc(F)cc1F. The quantitative estimate of drug-likeness (QED) is 0.439. The average molecular weight is 464 g/mol. The van der Waals surface area contributed by atoms with Gasteiger partial charge in [0.1, 0.15) is 11.6 Å². The first-order valence-corrected chi connectivity index (χ1v) is 11.5. The van der Waals surface area contributed by atoms with Crippen LogP contribution in [-0.4, -0.2) is 42.6 Å². The number of carbonyl (C=O) groups excluding carboxylic acids is 1. The van der Waals surface area contributed by atoms with E-state index in [4.69, 9.17) is 4.98 Å². The van der Waals surface area contributed by atoms with Crippen LogP contribution in [0.5, 0.6) is 0 Å². The monoisotopic (exact) mass is 463 g/mol. The van der Waals surface area contributed by atoms with Crippen LogP contribution in [0.1, 0.15) is 32.3 Å². The number of amides is 1. The molecule has 1 atom stereocenters. The standard InChI is InChI=1S/C26H27F2N5O/c1-26(2)12-17(16-33(26)25(34)8-4-18-3-5-20(27)11-21(18)28)15-32-10-9-23-24(32)7-6-22(31-23)19-13-29-30-14-19/h3,5-7,9-11,13-14,17H,4,8,12,15-16H2,1-2H3,(H,29,30). The van der Waals surface area contributed by atoms with Crippen LogP contribution in [0, 0.1) is 17.6 Å². The van der Waals surface area contributed by atoms with Crippen molar-refractivity contribution in [1.82, 2.24) is 24.6 Å². The minimum atomic E-state index is -0.610. The molecule has 1 unspecified atom stereocenters. The summed E-state index contributed by atoms with van der Waals surface area (Å²) < 4.78 is 29.3. The number of nitrogens with one attached hydrogen (secondary N) is 1. The number of aryl methyl sites for hydroxylation is 1. The molecule has 4 heterocycles. The van der Waals surface area contributed by atoms with Gasteiger partial charge in [-0.05, 0) is 62.4 Å². The molecule has 1 aliphatic rings. The Bertz CT molecular complexity index is 1330. The molecule has 1 amide bonds. The predicted molar refractivity (Wildman–Crippen MR) is 126 cm³/mol. The normalized spacial score (nSPS) is 17.5. The molecule has 1 aliphatic heterocycles. The molecular formula is C26H27F2N5O. The van der Waals surface area contributed by atoms with Crippen LogP contribution in [-0.2, 0) is 17.8 Å². The maximum Gasteiger partial charge on any atom is 0.223 e. The fourth-order valence-corrected chi connectivity index (χ4v) is 5.11. The number of fused-ring (bicyclic) bond motifs is 1. The third-order valence-electron chi connectivity index (χ3n) is 6.76. The van der Waals surface area contributed by atoms with E-state index in [2.05, 4.69) is 34.7 Å². The molecule has 1 N–H and O–H groups in total. The third-order valence-corrected chi connectivity index (χ3v) is 6.76. The van der Waals surface area contributed by atoms with Gasteiger partial charge in [-0.1, -0.05) is 6.07 Å². The lowest BCUT2D eigenvalue weighted by Gasteiger charge is -2.31. The second kappa shape index (κ2) is 8.66. The van der Waals surface area contributed by atoms with Crippen LogP contribution in [0.25, 0.3) is 22.3 Å². The number of aromatic amines is 1. The van der Waals surface area contributed by atoms with Gasteiger partial charge >= 0.3 is 0 Å². The van der Waals surface area contributed by atoms with Crippen LogP contribution >= 0.6 is 0 Å². The molecule has 0 spiro atoms. The van der Waals surface area contributed by atoms with Crippen molar-refractivity contribution in [3.05, 3.63) is 72.2 Å². The molecular weight excluding hydrogens is 436 g/mol. The summed E-state index contributed by atoms with van der Waals surface area (Å²) in [5, 5.41) is 6.80. The number of hydrogen-bond acceptors (Lipinski definition) is 3. The number of H-pyrrole nitrogens is 1. The Hall–Kier alpha value is -3.55. The van der Waals surface area contributed by atoms with Gasteiger partial charge in [-0.2, -0.15) is 5.10 Å². The maximum atomic E-state index is 14.0. The highest BCUT2D eigenvalue weighted by molar-refractivity contribution is 5.79. The first-order valence-electron chi connectivity index (χ1n) is 11.5. The fraction of sp³-hybridized carbons (Fsp3) is 0.346. The van der Waals surface area contributed by atoms with Crippen molar-refractivity contribution in [2.75, 3.05) is 6.54 Å². The first kappa shape index (κ1) is 22.3. The molecule has 6 nitrogen and oxygen atoms in total. The number of carbonyl (C=O) groups is 1. The molecule has 4 aromatic rings. The molecule has 0 aliphatic carbocycles. The summed E-state index contributed by atoms with van der Waals surface area (Å²) in [6.45, 7) is 5.60. The molecule has 0 bridgehead atoms. The molecule has 0 saturated carbocycles. The fourth-order valence-electron chi connectivity index (χ4n) is 5.11. The lowest BCUT2D eigenvalue weighted by molar-refractivity contribution is -0.134. The number of hydrogen-bond donors (Lipinski definition) is 1. The minimum Gasteiger partial charge on any atom is -0.346 e. The van der Waals surface area contributed by atoms with E-state index >= 15 is 0 Å².